The Morgan fingerprint density at radius 2 is 1.95 bits per heavy atom. The van der Waals surface area contributed by atoms with Crippen LogP contribution >= 0.6 is 0 Å². The highest BCUT2D eigenvalue weighted by Gasteiger charge is 2.24. The van der Waals surface area contributed by atoms with E-state index in [0.717, 1.165) is 11.3 Å². The van der Waals surface area contributed by atoms with Gasteiger partial charge in [-0.3, -0.25) is 0 Å². The highest BCUT2D eigenvalue weighted by atomic mass is 16.3. The Kier molecular flexibility index (Phi) is 4.51. The van der Waals surface area contributed by atoms with E-state index in [-0.39, 0.29) is 0 Å². The average Bonchev–Trinajstić information content (AvgIpc) is 2.51. The second kappa shape index (κ2) is 5.96. The summed E-state index contributed by atoms with van der Waals surface area (Å²) in [7, 11) is 0. The van der Waals surface area contributed by atoms with Crippen molar-refractivity contribution in [2.24, 2.45) is 5.41 Å². The Labute approximate surface area is 117 Å². The molecular formula is C17H27NO. The Hall–Kier alpha value is -1.02. The summed E-state index contributed by atoms with van der Waals surface area (Å²) < 4.78 is 0. The topological polar surface area (TPSA) is 32.3 Å². The van der Waals surface area contributed by atoms with Crippen molar-refractivity contribution in [2.75, 3.05) is 5.32 Å². The maximum absolute atomic E-state index is 9.83. The van der Waals surface area contributed by atoms with Gasteiger partial charge in [-0.05, 0) is 44.1 Å². The number of hydrogen-bond acceptors (Lipinski definition) is 2. The molecule has 1 aromatic rings. The van der Waals surface area contributed by atoms with E-state index in [9.17, 15) is 5.11 Å². The van der Waals surface area contributed by atoms with Crippen LogP contribution in [0.4, 0.5) is 5.69 Å². The number of rotatable bonds is 3. The van der Waals surface area contributed by atoms with Crippen molar-refractivity contribution in [3.8, 4) is 0 Å². The number of benzene rings is 1. The number of aliphatic hydroxyl groups excluding tert-OH is 1. The lowest BCUT2D eigenvalue weighted by molar-refractivity contribution is 0.200. The summed E-state index contributed by atoms with van der Waals surface area (Å²) in [5.74, 6) is 0. The molecule has 2 nitrogen and oxygen atoms in total. The molecule has 2 rings (SSSR count). The van der Waals surface area contributed by atoms with Crippen LogP contribution in [0.1, 0.15) is 64.5 Å². The number of hydrogen-bond donors (Lipinski definition) is 2. The van der Waals surface area contributed by atoms with Gasteiger partial charge in [0.05, 0.1) is 6.10 Å². The summed E-state index contributed by atoms with van der Waals surface area (Å²) in [5.41, 5.74) is 2.59. The van der Waals surface area contributed by atoms with E-state index in [1.54, 1.807) is 0 Å². The van der Waals surface area contributed by atoms with Gasteiger partial charge in [-0.15, -0.1) is 0 Å². The van der Waals surface area contributed by atoms with E-state index < -0.39 is 6.10 Å². The fourth-order valence-corrected chi connectivity index (χ4v) is 3.02. The molecule has 0 spiro atoms. The average molecular weight is 261 g/mol. The standard InChI is InChI=1S/C17H27NO/c1-13(19)15-8-4-5-9-16(15)18-14-7-6-11-17(2,3)12-10-14/h4-5,8-9,13-14,18-19H,6-7,10-12H2,1-3H3. The fourth-order valence-electron chi connectivity index (χ4n) is 3.02. The molecule has 0 saturated heterocycles. The molecule has 19 heavy (non-hydrogen) atoms. The van der Waals surface area contributed by atoms with Gasteiger partial charge in [-0.2, -0.15) is 0 Å². The first-order valence-corrected chi connectivity index (χ1v) is 7.51. The van der Waals surface area contributed by atoms with Crippen LogP contribution in [-0.2, 0) is 0 Å². The number of aliphatic hydroxyl groups is 1. The summed E-state index contributed by atoms with van der Waals surface area (Å²) in [6.45, 7) is 6.58. The van der Waals surface area contributed by atoms with Gasteiger partial charge >= 0.3 is 0 Å². The molecule has 106 valence electrons. The van der Waals surface area contributed by atoms with Gasteiger partial charge in [-0.25, -0.2) is 0 Å². The smallest absolute Gasteiger partial charge is 0.0781 e. The molecule has 0 heterocycles. The summed E-state index contributed by atoms with van der Waals surface area (Å²) in [5, 5.41) is 13.5. The molecule has 2 atom stereocenters. The molecule has 0 bridgehead atoms. The predicted molar refractivity (Wildman–Crippen MR) is 81.4 cm³/mol. The predicted octanol–water partition coefficient (Wildman–Crippen LogP) is 4.51. The number of nitrogens with one attached hydrogen (secondary N) is 1. The van der Waals surface area contributed by atoms with Crippen molar-refractivity contribution < 1.29 is 5.11 Å². The number of anilines is 1. The van der Waals surface area contributed by atoms with Crippen molar-refractivity contribution in [1.82, 2.24) is 0 Å². The lowest BCUT2D eigenvalue weighted by Gasteiger charge is -2.23. The molecule has 0 amide bonds. The molecule has 1 aromatic carbocycles. The van der Waals surface area contributed by atoms with Crippen LogP contribution in [0.25, 0.3) is 0 Å². The van der Waals surface area contributed by atoms with Crippen molar-refractivity contribution in [3.05, 3.63) is 29.8 Å². The molecule has 2 N–H and O–H groups in total. The van der Waals surface area contributed by atoms with E-state index >= 15 is 0 Å². The molecule has 1 aliphatic rings. The Morgan fingerprint density at radius 3 is 2.68 bits per heavy atom. The first-order valence-electron chi connectivity index (χ1n) is 7.51. The van der Waals surface area contributed by atoms with Gasteiger partial charge in [0.1, 0.15) is 0 Å². The van der Waals surface area contributed by atoms with Gasteiger partial charge in [0.2, 0.25) is 0 Å². The third-order valence-corrected chi connectivity index (χ3v) is 4.35. The molecule has 2 unspecified atom stereocenters. The Morgan fingerprint density at radius 1 is 1.21 bits per heavy atom. The van der Waals surface area contributed by atoms with Crippen LogP contribution in [-0.4, -0.2) is 11.1 Å². The molecule has 0 aromatic heterocycles. The lowest BCUT2D eigenvalue weighted by Crippen LogP contribution is -2.20. The minimum Gasteiger partial charge on any atom is -0.389 e. The summed E-state index contributed by atoms with van der Waals surface area (Å²) >= 11 is 0. The zero-order chi connectivity index (χ0) is 13.9. The van der Waals surface area contributed by atoms with Gasteiger partial charge in [0.15, 0.2) is 0 Å². The molecular weight excluding hydrogens is 234 g/mol. The molecule has 1 aliphatic carbocycles. The zero-order valence-electron chi connectivity index (χ0n) is 12.4. The van der Waals surface area contributed by atoms with Crippen molar-refractivity contribution >= 4 is 5.69 Å². The maximum Gasteiger partial charge on any atom is 0.0781 e. The lowest BCUT2D eigenvalue weighted by atomic mass is 9.85. The minimum absolute atomic E-state index is 0.411. The minimum atomic E-state index is -0.411. The molecule has 0 aliphatic heterocycles. The molecule has 0 radical (unpaired) electrons. The second-order valence-corrected chi connectivity index (χ2v) is 6.70. The van der Waals surface area contributed by atoms with Crippen LogP contribution in [0, 0.1) is 5.41 Å². The summed E-state index contributed by atoms with van der Waals surface area (Å²) in [6, 6.07) is 8.66. The SMILES string of the molecule is CC(O)c1ccccc1NC1CCCC(C)(C)CC1. The molecule has 2 heteroatoms. The monoisotopic (exact) mass is 261 g/mol. The Balaban J connectivity index is 2.05. The van der Waals surface area contributed by atoms with E-state index in [2.05, 4.69) is 25.2 Å². The van der Waals surface area contributed by atoms with E-state index in [1.165, 1.54) is 32.1 Å². The van der Waals surface area contributed by atoms with Gasteiger partial charge in [0, 0.05) is 17.3 Å². The quantitative estimate of drug-likeness (QED) is 0.785. The van der Waals surface area contributed by atoms with Crippen LogP contribution < -0.4 is 5.32 Å². The fraction of sp³-hybridized carbons (Fsp3) is 0.647. The zero-order valence-corrected chi connectivity index (χ0v) is 12.4. The highest BCUT2D eigenvalue weighted by molar-refractivity contribution is 5.52. The van der Waals surface area contributed by atoms with Gasteiger partial charge in [-0.1, -0.05) is 38.5 Å². The largest absolute Gasteiger partial charge is 0.389 e. The van der Waals surface area contributed by atoms with Crippen molar-refractivity contribution in [3.63, 3.8) is 0 Å². The van der Waals surface area contributed by atoms with E-state index in [1.807, 2.05) is 25.1 Å². The van der Waals surface area contributed by atoms with Crippen LogP contribution in [0.3, 0.4) is 0 Å². The number of para-hydroxylation sites is 1. The van der Waals surface area contributed by atoms with Crippen LogP contribution in [0.2, 0.25) is 0 Å². The van der Waals surface area contributed by atoms with Crippen LogP contribution in [0.15, 0.2) is 24.3 Å². The third-order valence-electron chi connectivity index (χ3n) is 4.35. The van der Waals surface area contributed by atoms with E-state index in [4.69, 9.17) is 0 Å². The third kappa shape index (κ3) is 3.97. The van der Waals surface area contributed by atoms with E-state index in [0.29, 0.717) is 11.5 Å². The Bertz CT molecular complexity index is 411. The first-order chi connectivity index (χ1) is 8.98. The van der Waals surface area contributed by atoms with Crippen molar-refractivity contribution in [1.29, 1.82) is 0 Å². The van der Waals surface area contributed by atoms with Gasteiger partial charge in [0.25, 0.3) is 0 Å². The normalized spacial score (nSPS) is 24.5. The van der Waals surface area contributed by atoms with Crippen molar-refractivity contribution in [2.45, 2.75) is 65.0 Å². The van der Waals surface area contributed by atoms with Crippen LogP contribution in [0.5, 0.6) is 0 Å². The first kappa shape index (κ1) is 14.4. The second-order valence-electron chi connectivity index (χ2n) is 6.70. The summed E-state index contributed by atoms with van der Waals surface area (Å²) in [4.78, 5) is 0. The maximum atomic E-state index is 9.83. The highest BCUT2D eigenvalue weighted by Crippen LogP contribution is 2.35. The summed E-state index contributed by atoms with van der Waals surface area (Å²) in [6.07, 6.45) is 5.94. The molecule has 1 fully saturated rings. The molecule has 1 saturated carbocycles. The van der Waals surface area contributed by atoms with Gasteiger partial charge < -0.3 is 10.4 Å².